The van der Waals surface area contributed by atoms with Crippen molar-refractivity contribution in [3.63, 3.8) is 0 Å². The summed E-state index contributed by atoms with van der Waals surface area (Å²) in [5.41, 5.74) is 0. The molecule has 2 rings (SSSR count). The summed E-state index contributed by atoms with van der Waals surface area (Å²) in [6, 6.07) is 0. The van der Waals surface area contributed by atoms with Crippen molar-refractivity contribution in [2.45, 2.75) is 39.4 Å². The first-order chi connectivity index (χ1) is 9.90. The monoisotopic (exact) mass is 298 g/mol. The lowest BCUT2D eigenvalue weighted by Crippen LogP contribution is -2.52. The van der Waals surface area contributed by atoms with Crippen LogP contribution in [-0.4, -0.2) is 71.7 Å². The number of hydrogen-bond acceptors (Lipinski definition) is 4. The normalized spacial score (nSPS) is 30.3. The minimum atomic E-state index is -0.318. The summed E-state index contributed by atoms with van der Waals surface area (Å²) in [7, 11) is 0. The van der Waals surface area contributed by atoms with Gasteiger partial charge in [-0.05, 0) is 12.8 Å². The standard InChI is InChI=1S/C15H26N2O4/c1-10(2)5-16-7-12(4-14(16)19)15(20)17-6-11(3)21-13(8-17)9-18/h10-13,18H,4-9H2,1-3H3. The maximum atomic E-state index is 12.6. The van der Waals surface area contributed by atoms with E-state index in [0.29, 0.717) is 38.5 Å². The molecule has 2 fully saturated rings. The van der Waals surface area contributed by atoms with Crippen molar-refractivity contribution in [1.82, 2.24) is 9.80 Å². The van der Waals surface area contributed by atoms with Gasteiger partial charge in [0.1, 0.15) is 0 Å². The van der Waals surface area contributed by atoms with Gasteiger partial charge in [-0.25, -0.2) is 0 Å². The van der Waals surface area contributed by atoms with Crippen LogP contribution in [0.1, 0.15) is 27.2 Å². The SMILES string of the molecule is CC(C)CN1CC(C(=O)N2CC(C)OC(CO)C2)CC1=O. The first kappa shape index (κ1) is 16.2. The second-order valence-corrected chi connectivity index (χ2v) is 6.59. The van der Waals surface area contributed by atoms with Gasteiger partial charge in [-0.15, -0.1) is 0 Å². The smallest absolute Gasteiger partial charge is 0.228 e. The Bertz CT molecular complexity index is 399. The summed E-state index contributed by atoms with van der Waals surface area (Å²) in [6.45, 7) is 8.12. The van der Waals surface area contributed by atoms with Crippen molar-refractivity contribution in [2.24, 2.45) is 11.8 Å². The zero-order valence-corrected chi connectivity index (χ0v) is 13.1. The molecule has 0 aromatic rings. The fourth-order valence-electron chi connectivity index (χ4n) is 3.14. The summed E-state index contributed by atoms with van der Waals surface area (Å²) in [5.74, 6) is 0.246. The van der Waals surface area contributed by atoms with Gasteiger partial charge in [-0.2, -0.15) is 0 Å². The third-order valence-electron chi connectivity index (χ3n) is 3.99. The van der Waals surface area contributed by atoms with E-state index in [4.69, 9.17) is 4.74 Å². The van der Waals surface area contributed by atoms with Crippen LogP contribution in [-0.2, 0) is 14.3 Å². The first-order valence-corrected chi connectivity index (χ1v) is 7.73. The predicted molar refractivity (Wildman–Crippen MR) is 77.5 cm³/mol. The maximum Gasteiger partial charge on any atom is 0.228 e. The second-order valence-electron chi connectivity index (χ2n) is 6.59. The lowest BCUT2D eigenvalue weighted by atomic mass is 10.1. The molecule has 0 spiro atoms. The van der Waals surface area contributed by atoms with Gasteiger partial charge >= 0.3 is 0 Å². The lowest BCUT2D eigenvalue weighted by Gasteiger charge is -2.37. The molecular formula is C15H26N2O4. The van der Waals surface area contributed by atoms with Crippen molar-refractivity contribution >= 4 is 11.8 Å². The fourth-order valence-corrected chi connectivity index (χ4v) is 3.14. The van der Waals surface area contributed by atoms with E-state index >= 15 is 0 Å². The number of carbonyl (C=O) groups excluding carboxylic acids is 2. The largest absolute Gasteiger partial charge is 0.394 e. The maximum absolute atomic E-state index is 12.6. The van der Waals surface area contributed by atoms with Crippen LogP contribution < -0.4 is 0 Å². The summed E-state index contributed by atoms with van der Waals surface area (Å²) in [6.07, 6.45) is -0.0912. The minimum absolute atomic E-state index is 0.0169. The van der Waals surface area contributed by atoms with Gasteiger partial charge in [0.15, 0.2) is 0 Å². The van der Waals surface area contributed by atoms with E-state index < -0.39 is 0 Å². The molecule has 2 heterocycles. The Morgan fingerprint density at radius 1 is 1.38 bits per heavy atom. The number of carbonyl (C=O) groups is 2. The number of aliphatic hydroxyl groups excluding tert-OH is 1. The Kier molecular flexibility index (Phi) is 5.22. The molecule has 2 saturated heterocycles. The molecule has 0 aliphatic carbocycles. The van der Waals surface area contributed by atoms with Crippen LogP contribution in [0.25, 0.3) is 0 Å². The van der Waals surface area contributed by atoms with Gasteiger partial charge < -0.3 is 19.6 Å². The average molecular weight is 298 g/mol. The number of nitrogens with zero attached hydrogens (tertiary/aromatic N) is 2. The van der Waals surface area contributed by atoms with Crippen LogP contribution >= 0.6 is 0 Å². The molecule has 0 bridgehead atoms. The minimum Gasteiger partial charge on any atom is -0.394 e. The summed E-state index contributed by atoms with van der Waals surface area (Å²) in [5, 5.41) is 9.23. The third kappa shape index (κ3) is 3.95. The zero-order chi connectivity index (χ0) is 15.6. The summed E-state index contributed by atoms with van der Waals surface area (Å²) in [4.78, 5) is 28.1. The van der Waals surface area contributed by atoms with E-state index in [1.54, 1.807) is 9.80 Å². The summed E-state index contributed by atoms with van der Waals surface area (Å²) >= 11 is 0. The van der Waals surface area contributed by atoms with Gasteiger partial charge in [-0.1, -0.05) is 13.8 Å². The molecule has 0 aromatic carbocycles. The van der Waals surface area contributed by atoms with Crippen LogP contribution in [0.5, 0.6) is 0 Å². The number of likely N-dealkylation sites (tertiary alicyclic amines) is 1. The molecule has 0 aromatic heterocycles. The third-order valence-corrected chi connectivity index (χ3v) is 3.99. The Morgan fingerprint density at radius 2 is 2.10 bits per heavy atom. The van der Waals surface area contributed by atoms with E-state index in [1.807, 2.05) is 6.92 Å². The predicted octanol–water partition coefficient (Wildman–Crippen LogP) is 0.0991. The molecule has 3 atom stereocenters. The number of ether oxygens (including phenoxy) is 1. The molecule has 0 radical (unpaired) electrons. The van der Waals surface area contributed by atoms with Gasteiger partial charge in [0.25, 0.3) is 0 Å². The molecular weight excluding hydrogens is 272 g/mol. The molecule has 3 unspecified atom stereocenters. The highest BCUT2D eigenvalue weighted by Crippen LogP contribution is 2.23. The van der Waals surface area contributed by atoms with Crippen LogP contribution in [0.15, 0.2) is 0 Å². The fraction of sp³-hybridized carbons (Fsp3) is 0.867. The Hall–Kier alpha value is -1.14. The van der Waals surface area contributed by atoms with Gasteiger partial charge in [0, 0.05) is 32.6 Å². The van der Waals surface area contributed by atoms with Gasteiger partial charge in [0.2, 0.25) is 11.8 Å². The second kappa shape index (κ2) is 6.75. The van der Waals surface area contributed by atoms with Crippen molar-refractivity contribution < 1.29 is 19.4 Å². The topological polar surface area (TPSA) is 70.1 Å². The average Bonchev–Trinajstić information content (AvgIpc) is 2.77. The first-order valence-electron chi connectivity index (χ1n) is 7.73. The van der Waals surface area contributed by atoms with E-state index in [0.717, 1.165) is 0 Å². The van der Waals surface area contributed by atoms with E-state index in [9.17, 15) is 14.7 Å². The zero-order valence-electron chi connectivity index (χ0n) is 13.1. The van der Waals surface area contributed by atoms with E-state index in [-0.39, 0.29) is 36.5 Å². The van der Waals surface area contributed by atoms with Crippen molar-refractivity contribution in [2.75, 3.05) is 32.8 Å². The molecule has 2 aliphatic rings. The molecule has 1 N–H and O–H groups in total. The Balaban J connectivity index is 1.95. The number of amides is 2. The lowest BCUT2D eigenvalue weighted by molar-refractivity contribution is -0.151. The van der Waals surface area contributed by atoms with Crippen molar-refractivity contribution in [3.8, 4) is 0 Å². The number of morpholine rings is 1. The molecule has 2 aliphatic heterocycles. The van der Waals surface area contributed by atoms with E-state index in [1.165, 1.54) is 0 Å². The van der Waals surface area contributed by atoms with Crippen LogP contribution in [0, 0.1) is 11.8 Å². The molecule has 6 heteroatoms. The molecule has 2 amide bonds. The molecule has 120 valence electrons. The highest BCUT2D eigenvalue weighted by Gasteiger charge is 2.38. The molecule has 6 nitrogen and oxygen atoms in total. The highest BCUT2D eigenvalue weighted by atomic mass is 16.5. The molecule has 21 heavy (non-hydrogen) atoms. The molecule has 0 saturated carbocycles. The van der Waals surface area contributed by atoms with Gasteiger partial charge in [-0.3, -0.25) is 9.59 Å². The van der Waals surface area contributed by atoms with Crippen LogP contribution in [0.4, 0.5) is 0 Å². The Morgan fingerprint density at radius 3 is 2.71 bits per heavy atom. The highest BCUT2D eigenvalue weighted by molar-refractivity contribution is 5.89. The van der Waals surface area contributed by atoms with Crippen molar-refractivity contribution in [1.29, 1.82) is 0 Å². The summed E-state index contributed by atoms with van der Waals surface area (Å²) < 4.78 is 5.55. The van der Waals surface area contributed by atoms with Crippen LogP contribution in [0.2, 0.25) is 0 Å². The number of hydrogen-bond donors (Lipinski definition) is 1. The Labute approximate surface area is 126 Å². The van der Waals surface area contributed by atoms with E-state index in [2.05, 4.69) is 13.8 Å². The van der Waals surface area contributed by atoms with Crippen molar-refractivity contribution in [3.05, 3.63) is 0 Å². The number of aliphatic hydroxyl groups is 1. The van der Waals surface area contributed by atoms with Crippen LogP contribution in [0.3, 0.4) is 0 Å². The van der Waals surface area contributed by atoms with Gasteiger partial charge in [0.05, 0.1) is 24.7 Å². The number of rotatable bonds is 4. The quantitative estimate of drug-likeness (QED) is 0.799.